The lowest BCUT2D eigenvalue weighted by molar-refractivity contribution is -0.149. The molecule has 1 unspecified atom stereocenters. The zero-order valence-corrected chi connectivity index (χ0v) is 18.4. The van der Waals surface area contributed by atoms with Crippen LogP contribution in [0.4, 0.5) is 13.2 Å². The number of esters is 1. The van der Waals surface area contributed by atoms with E-state index in [-0.39, 0.29) is 37.5 Å². The Balaban J connectivity index is 1.66. The molecule has 1 fully saturated rings. The molecule has 4 rings (SSSR count). The fourth-order valence-corrected chi connectivity index (χ4v) is 4.32. The topological polar surface area (TPSA) is 64.7 Å². The lowest BCUT2D eigenvalue weighted by Crippen LogP contribution is -2.43. The Kier molecular flexibility index (Phi) is 6.23. The van der Waals surface area contributed by atoms with Crippen LogP contribution in [-0.2, 0) is 22.3 Å². The van der Waals surface area contributed by atoms with Gasteiger partial charge in [-0.25, -0.2) is 0 Å². The molecule has 1 atom stereocenters. The zero-order chi connectivity index (χ0) is 23.8. The summed E-state index contributed by atoms with van der Waals surface area (Å²) >= 11 is 0. The minimum Gasteiger partial charge on any atom is -0.466 e. The summed E-state index contributed by atoms with van der Waals surface area (Å²) in [5, 5.41) is 0. The highest BCUT2D eigenvalue weighted by Crippen LogP contribution is 2.31. The maximum absolute atomic E-state index is 13.4. The summed E-state index contributed by atoms with van der Waals surface area (Å²) < 4.78 is 52.1. The second-order valence-electron chi connectivity index (χ2n) is 8.26. The van der Waals surface area contributed by atoms with Crippen molar-refractivity contribution in [3.8, 4) is 0 Å². The van der Waals surface area contributed by atoms with Gasteiger partial charge in [0.05, 0.1) is 23.6 Å². The number of aromatic nitrogens is 1. The van der Waals surface area contributed by atoms with Crippen LogP contribution in [0.5, 0.6) is 0 Å². The van der Waals surface area contributed by atoms with Crippen molar-refractivity contribution in [3.63, 3.8) is 0 Å². The molecule has 33 heavy (non-hydrogen) atoms. The maximum Gasteiger partial charge on any atom is 0.416 e. The Morgan fingerprint density at radius 2 is 2.00 bits per heavy atom. The summed E-state index contributed by atoms with van der Waals surface area (Å²) in [7, 11) is 0. The average molecular weight is 462 g/mol. The van der Waals surface area contributed by atoms with Gasteiger partial charge in [-0.1, -0.05) is 12.1 Å². The van der Waals surface area contributed by atoms with Crippen molar-refractivity contribution in [1.82, 2.24) is 9.47 Å². The summed E-state index contributed by atoms with van der Waals surface area (Å²) in [5.74, 6) is -0.365. The number of amides is 1. The van der Waals surface area contributed by atoms with E-state index in [2.05, 4.69) is 0 Å². The van der Waals surface area contributed by atoms with Gasteiger partial charge < -0.3 is 18.6 Å². The second kappa shape index (κ2) is 8.96. The van der Waals surface area contributed by atoms with Crippen molar-refractivity contribution in [3.05, 3.63) is 59.0 Å². The third kappa shape index (κ3) is 4.77. The number of halogens is 3. The van der Waals surface area contributed by atoms with Crippen LogP contribution in [0.3, 0.4) is 0 Å². The Labute approximate surface area is 188 Å². The first-order chi connectivity index (χ1) is 15.7. The lowest BCUT2D eigenvalue weighted by Gasteiger charge is -2.31. The fourth-order valence-electron chi connectivity index (χ4n) is 4.32. The van der Waals surface area contributed by atoms with E-state index in [9.17, 15) is 22.8 Å². The van der Waals surface area contributed by atoms with E-state index in [4.69, 9.17) is 9.15 Å². The fraction of sp³-hybridized carbons (Fsp3) is 0.417. The average Bonchev–Trinajstić information content (AvgIpc) is 3.30. The quantitative estimate of drug-likeness (QED) is 0.499. The van der Waals surface area contributed by atoms with Crippen LogP contribution >= 0.6 is 0 Å². The van der Waals surface area contributed by atoms with Crippen molar-refractivity contribution in [2.24, 2.45) is 5.92 Å². The molecule has 0 spiro atoms. The minimum absolute atomic E-state index is 0.0720. The third-order valence-corrected chi connectivity index (χ3v) is 5.86. The van der Waals surface area contributed by atoms with Crippen molar-refractivity contribution in [1.29, 1.82) is 0 Å². The lowest BCUT2D eigenvalue weighted by atomic mass is 9.98. The number of fused-ring (bicyclic) bond motifs is 1. The summed E-state index contributed by atoms with van der Waals surface area (Å²) in [5.41, 5.74) is 1.10. The van der Waals surface area contributed by atoms with Gasteiger partial charge in [0, 0.05) is 31.8 Å². The molecule has 0 N–H and O–H groups in total. The van der Waals surface area contributed by atoms with E-state index in [1.165, 1.54) is 6.07 Å². The van der Waals surface area contributed by atoms with Gasteiger partial charge in [0.2, 0.25) is 0 Å². The van der Waals surface area contributed by atoms with Crippen LogP contribution in [0, 0.1) is 12.8 Å². The number of carbonyl (C=O) groups is 2. The molecule has 0 bridgehead atoms. The number of nitrogens with zero attached hydrogens (tertiary/aromatic N) is 2. The Morgan fingerprint density at radius 3 is 2.73 bits per heavy atom. The SMILES string of the molecule is CCOC(=O)C1CCCN(C(=O)c2cc3oc(C)cc3n2Cc2cccc(C(F)(F)F)c2)C1. The van der Waals surface area contributed by atoms with Crippen LogP contribution < -0.4 is 0 Å². The Bertz CT molecular complexity index is 1180. The molecule has 1 aliphatic rings. The van der Waals surface area contributed by atoms with Crippen molar-refractivity contribution in [2.75, 3.05) is 19.7 Å². The highest BCUT2D eigenvalue weighted by molar-refractivity contribution is 5.98. The van der Waals surface area contributed by atoms with Gasteiger partial charge in [-0.15, -0.1) is 0 Å². The van der Waals surface area contributed by atoms with Crippen LogP contribution in [0.25, 0.3) is 11.1 Å². The number of rotatable bonds is 5. The number of alkyl halides is 3. The van der Waals surface area contributed by atoms with Gasteiger partial charge in [-0.2, -0.15) is 13.2 Å². The van der Waals surface area contributed by atoms with Gasteiger partial charge >= 0.3 is 12.1 Å². The van der Waals surface area contributed by atoms with Gasteiger partial charge in [0.25, 0.3) is 5.91 Å². The number of hydrogen-bond donors (Lipinski definition) is 0. The first-order valence-corrected chi connectivity index (χ1v) is 10.9. The number of benzene rings is 1. The first kappa shape index (κ1) is 22.9. The molecule has 0 saturated carbocycles. The zero-order valence-electron chi connectivity index (χ0n) is 18.4. The Morgan fingerprint density at radius 1 is 1.21 bits per heavy atom. The van der Waals surface area contributed by atoms with Gasteiger partial charge in [0.15, 0.2) is 5.58 Å². The predicted octanol–water partition coefficient (Wildman–Crippen LogP) is 5.03. The second-order valence-corrected chi connectivity index (χ2v) is 8.26. The van der Waals surface area contributed by atoms with E-state index in [1.54, 1.807) is 41.5 Å². The normalized spacial score (nSPS) is 16.9. The molecule has 9 heteroatoms. The number of piperidine rings is 1. The Hall–Kier alpha value is -3.23. The van der Waals surface area contributed by atoms with Crippen LogP contribution in [0.1, 0.15) is 47.1 Å². The largest absolute Gasteiger partial charge is 0.466 e. The van der Waals surface area contributed by atoms with Gasteiger partial charge in [-0.3, -0.25) is 9.59 Å². The third-order valence-electron chi connectivity index (χ3n) is 5.86. The van der Waals surface area contributed by atoms with Gasteiger partial charge in [-0.05, 0) is 44.4 Å². The number of hydrogen-bond acceptors (Lipinski definition) is 4. The number of furan rings is 1. The van der Waals surface area contributed by atoms with Crippen molar-refractivity contribution >= 4 is 23.0 Å². The molecule has 3 heterocycles. The van der Waals surface area contributed by atoms with E-state index in [0.29, 0.717) is 47.5 Å². The predicted molar refractivity (Wildman–Crippen MR) is 115 cm³/mol. The number of carbonyl (C=O) groups excluding carboxylic acids is 2. The van der Waals surface area contributed by atoms with E-state index >= 15 is 0 Å². The molecule has 3 aromatic rings. The molecule has 1 aromatic carbocycles. The summed E-state index contributed by atoms with van der Waals surface area (Å²) in [4.78, 5) is 27.2. The van der Waals surface area contributed by atoms with Crippen LogP contribution in [0.2, 0.25) is 0 Å². The van der Waals surface area contributed by atoms with E-state index in [1.807, 2.05) is 0 Å². The highest BCUT2D eigenvalue weighted by Gasteiger charge is 2.33. The van der Waals surface area contributed by atoms with Crippen molar-refractivity contribution in [2.45, 2.75) is 39.4 Å². The summed E-state index contributed by atoms with van der Waals surface area (Å²) in [6, 6.07) is 8.44. The molecule has 176 valence electrons. The number of aryl methyl sites for hydroxylation is 1. The molecule has 2 aromatic heterocycles. The monoisotopic (exact) mass is 462 g/mol. The molecule has 0 radical (unpaired) electrons. The minimum atomic E-state index is -4.46. The van der Waals surface area contributed by atoms with E-state index in [0.717, 1.165) is 12.1 Å². The van der Waals surface area contributed by atoms with Crippen LogP contribution in [-0.4, -0.2) is 41.0 Å². The first-order valence-electron chi connectivity index (χ1n) is 10.9. The molecule has 1 aliphatic heterocycles. The molecule has 0 aliphatic carbocycles. The van der Waals surface area contributed by atoms with Crippen molar-refractivity contribution < 1.29 is 31.9 Å². The molecule has 6 nitrogen and oxygen atoms in total. The smallest absolute Gasteiger partial charge is 0.416 e. The highest BCUT2D eigenvalue weighted by atomic mass is 19.4. The van der Waals surface area contributed by atoms with E-state index < -0.39 is 11.7 Å². The number of ether oxygens (including phenoxy) is 1. The number of likely N-dealkylation sites (tertiary alicyclic amines) is 1. The maximum atomic E-state index is 13.4. The molecule has 1 amide bonds. The molecular formula is C24H25F3N2O4. The van der Waals surface area contributed by atoms with Crippen LogP contribution in [0.15, 0.2) is 40.8 Å². The molecular weight excluding hydrogens is 437 g/mol. The summed E-state index contributed by atoms with van der Waals surface area (Å²) in [6.45, 7) is 4.59. The summed E-state index contributed by atoms with van der Waals surface area (Å²) in [6.07, 6.45) is -3.14. The molecule has 1 saturated heterocycles. The van der Waals surface area contributed by atoms with Gasteiger partial charge in [0.1, 0.15) is 11.5 Å². The standard InChI is InChI=1S/C24H25F3N2O4/c1-3-32-23(31)17-7-5-9-28(14-17)22(30)20-12-21-19(10-15(2)33-21)29(20)13-16-6-4-8-18(11-16)24(25,26)27/h4,6,8,10-12,17H,3,5,7,9,13-14H2,1-2H3.